The Balaban J connectivity index is 1.35. The molecule has 10 nitrogen and oxygen atoms in total. The monoisotopic (exact) mass is 615 g/mol. The first-order chi connectivity index (χ1) is 21.2. The lowest BCUT2D eigenvalue weighted by Gasteiger charge is -2.13. The molecule has 3 aromatic carbocycles. The van der Waals surface area contributed by atoms with Crippen molar-refractivity contribution in [3.05, 3.63) is 89.1 Å². The molecule has 0 saturated heterocycles. The molecule has 0 unspecified atom stereocenters. The first-order valence-electron chi connectivity index (χ1n) is 14.2. The van der Waals surface area contributed by atoms with Gasteiger partial charge in [0.2, 0.25) is 0 Å². The van der Waals surface area contributed by atoms with Crippen LogP contribution in [0.3, 0.4) is 0 Å². The Morgan fingerprint density at radius 3 is 2.57 bits per heavy atom. The zero-order valence-corrected chi connectivity index (χ0v) is 25.2. The van der Waals surface area contributed by atoms with Crippen LogP contribution in [-0.4, -0.2) is 49.9 Å². The van der Waals surface area contributed by atoms with Crippen molar-refractivity contribution < 1.29 is 32.6 Å². The Bertz CT molecular complexity index is 1880. The number of benzene rings is 3. The highest BCUT2D eigenvalue weighted by Crippen LogP contribution is 2.30. The van der Waals surface area contributed by atoms with Crippen LogP contribution in [0.2, 0.25) is 0 Å². The SMILES string of the molecule is COc1cc(C(=O)NS(=O)(=O)c2ccccc2C#CCO)ccc1Cc1cn(C)c2ccc(NC(=O)OC3CCCC3)cc12. The lowest BCUT2D eigenvalue weighted by atomic mass is 10.0. The molecule has 5 rings (SSSR count). The molecule has 1 heterocycles. The fourth-order valence-electron chi connectivity index (χ4n) is 5.41. The average Bonchev–Trinajstić information content (AvgIpc) is 3.63. The number of aryl methyl sites for hydroxylation is 1. The van der Waals surface area contributed by atoms with Crippen LogP contribution >= 0.6 is 0 Å². The Morgan fingerprint density at radius 1 is 1.05 bits per heavy atom. The van der Waals surface area contributed by atoms with Gasteiger partial charge in [-0.2, -0.15) is 0 Å². The number of sulfonamides is 1. The largest absolute Gasteiger partial charge is 0.496 e. The number of carbonyl (C=O) groups is 2. The van der Waals surface area contributed by atoms with Crippen LogP contribution in [0.4, 0.5) is 10.5 Å². The molecular formula is C33H33N3O7S. The fraction of sp³-hybridized carbons (Fsp3) is 0.273. The molecule has 0 bridgehead atoms. The number of anilines is 1. The summed E-state index contributed by atoms with van der Waals surface area (Å²) in [5, 5.41) is 12.8. The predicted octanol–water partition coefficient (Wildman–Crippen LogP) is 4.73. The van der Waals surface area contributed by atoms with Crippen molar-refractivity contribution >= 4 is 38.6 Å². The van der Waals surface area contributed by atoms with Crippen LogP contribution < -0.4 is 14.8 Å². The van der Waals surface area contributed by atoms with Gasteiger partial charge in [-0.15, -0.1) is 0 Å². The quantitative estimate of drug-likeness (QED) is 0.244. The van der Waals surface area contributed by atoms with E-state index in [1.807, 2.05) is 36.0 Å². The summed E-state index contributed by atoms with van der Waals surface area (Å²) in [6, 6.07) is 16.4. The van der Waals surface area contributed by atoms with Crippen molar-refractivity contribution in [3.8, 4) is 17.6 Å². The number of ether oxygens (including phenoxy) is 2. The number of hydrogen-bond acceptors (Lipinski definition) is 7. The molecule has 0 atom stereocenters. The van der Waals surface area contributed by atoms with Gasteiger partial charge in [-0.1, -0.05) is 30.0 Å². The number of fused-ring (bicyclic) bond motifs is 1. The second kappa shape index (κ2) is 13.2. The third-order valence-electron chi connectivity index (χ3n) is 7.53. The number of rotatable bonds is 8. The van der Waals surface area contributed by atoms with Gasteiger partial charge in [0.1, 0.15) is 23.4 Å². The van der Waals surface area contributed by atoms with Gasteiger partial charge in [-0.05, 0) is 79.3 Å². The normalized spacial score (nSPS) is 13.2. The summed E-state index contributed by atoms with van der Waals surface area (Å²) in [6.07, 6.45) is 5.87. The van der Waals surface area contributed by atoms with Crippen LogP contribution in [0.1, 0.15) is 52.7 Å². The van der Waals surface area contributed by atoms with E-state index in [-0.39, 0.29) is 22.1 Å². The van der Waals surface area contributed by atoms with Crippen molar-refractivity contribution in [1.29, 1.82) is 0 Å². The highest BCUT2D eigenvalue weighted by molar-refractivity contribution is 7.90. The average molecular weight is 616 g/mol. The van der Waals surface area contributed by atoms with E-state index in [0.717, 1.165) is 47.7 Å². The number of nitrogens with one attached hydrogen (secondary N) is 2. The smallest absolute Gasteiger partial charge is 0.411 e. The molecule has 0 radical (unpaired) electrons. The number of nitrogens with zero attached hydrogens (tertiary/aromatic N) is 1. The van der Waals surface area contributed by atoms with Crippen molar-refractivity contribution in [2.24, 2.45) is 7.05 Å². The molecular weight excluding hydrogens is 582 g/mol. The third-order valence-corrected chi connectivity index (χ3v) is 8.92. The van der Waals surface area contributed by atoms with Crippen molar-refractivity contribution in [1.82, 2.24) is 9.29 Å². The molecule has 4 aromatic rings. The van der Waals surface area contributed by atoms with Gasteiger partial charge in [0, 0.05) is 47.4 Å². The van der Waals surface area contributed by atoms with E-state index in [1.165, 1.54) is 37.4 Å². The topological polar surface area (TPSA) is 136 Å². The third kappa shape index (κ3) is 6.88. The standard InChI is InChI=1S/C33H33N3O7S/c1-36-21-25(28-20-26(15-16-29(28)36)34-33(39)43-27-10-4-5-11-27)18-23-13-14-24(19-30(23)42-2)32(38)35-44(40,41)31-12-6-3-8-22(31)9-7-17-37/h3,6,8,12-16,19-21,27,37H,4-5,10-11,17-18H2,1-2H3,(H,34,39)(H,35,38). The van der Waals surface area contributed by atoms with Crippen LogP contribution in [0.25, 0.3) is 10.9 Å². The molecule has 0 aliphatic heterocycles. The van der Waals surface area contributed by atoms with E-state index < -0.39 is 28.6 Å². The number of aromatic nitrogens is 1. The molecule has 3 N–H and O–H groups in total. The van der Waals surface area contributed by atoms with Crippen LogP contribution in [0.5, 0.6) is 5.75 Å². The van der Waals surface area contributed by atoms with Gasteiger partial charge in [0.05, 0.1) is 7.11 Å². The Labute approximate surface area is 256 Å². The number of amides is 2. The van der Waals surface area contributed by atoms with Gasteiger partial charge in [0.25, 0.3) is 15.9 Å². The molecule has 1 aliphatic rings. The van der Waals surface area contributed by atoms with E-state index in [0.29, 0.717) is 17.9 Å². The van der Waals surface area contributed by atoms with Gasteiger partial charge in [-0.25, -0.2) is 17.9 Å². The Hall–Kier alpha value is -4.79. The summed E-state index contributed by atoms with van der Waals surface area (Å²) in [5.41, 5.74) is 3.60. The molecule has 11 heteroatoms. The molecule has 1 saturated carbocycles. The summed E-state index contributed by atoms with van der Waals surface area (Å²) < 4.78 is 41.3. The molecule has 1 fully saturated rings. The van der Waals surface area contributed by atoms with Gasteiger partial charge in [0.15, 0.2) is 0 Å². The zero-order chi connectivity index (χ0) is 31.3. The maximum absolute atomic E-state index is 13.0. The molecule has 1 aliphatic carbocycles. The second-order valence-electron chi connectivity index (χ2n) is 10.5. The minimum absolute atomic E-state index is 0.0365. The summed E-state index contributed by atoms with van der Waals surface area (Å²) >= 11 is 0. The summed E-state index contributed by atoms with van der Waals surface area (Å²) in [5.74, 6) is 4.60. The number of aliphatic hydroxyl groups is 1. The van der Waals surface area contributed by atoms with E-state index in [1.54, 1.807) is 12.1 Å². The maximum Gasteiger partial charge on any atom is 0.411 e. The summed E-state index contributed by atoms with van der Waals surface area (Å²) in [7, 11) is -0.837. The number of carbonyl (C=O) groups excluding carboxylic acids is 2. The van der Waals surface area contributed by atoms with Crippen LogP contribution in [-0.2, 0) is 28.2 Å². The summed E-state index contributed by atoms with van der Waals surface area (Å²) in [4.78, 5) is 25.3. The fourth-order valence-corrected chi connectivity index (χ4v) is 6.55. The molecule has 2 amide bonds. The minimum Gasteiger partial charge on any atom is -0.496 e. The molecule has 44 heavy (non-hydrogen) atoms. The highest BCUT2D eigenvalue weighted by atomic mass is 32.2. The number of hydrogen-bond donors (Lipinski definition) is 3. The van der Waals surface area contributed by atoms with Crippen LogP contribution in [0.15, 0.2) is 71.8 Å². The Kier molecular flexibility index (Phi) is 9.23. The second-order valence-corrected chi connectivity index (χ2v) is 12.2. The predicted molar refractivity (Wildman–Crippen MR) is 166 cm³/mol. The highest BCUT2D eigenvalue weighted by Gasteiger charge is 2.23. The van der Waals surface area contributed by atoms with Crippen molar-refractivity contribution in [3.63, 3.8) is 0 Å². The van der Waals surface area contributed by atoms with E-state index in [9.17, 15) is 18.0 Å². The minimum atomic E-state index is -4.25. The number of methoxy groups -OCH3 is 1. The van der Waals surface area contributed by atoms with E-state index in [4.69, 9.17) is 14.6 Å². The van der Waals surface area contributed by atoms with Gasteiger partial charge >= 0.3 is 6.09 Å². The number of aliphatic hydroxyl groups excluding tert-OH is 1. The molecule has 228 valence electrons. The first-order valence-corrected chi connectivity index (χ1v) is 15.6. The lowest BCUT2D eigenvalue weighted by molar-refractivity contribution is 0.0980. The summed E-state index contributed by atoms with van der Waals surface area (Å²) in [6.45, 7) is -0.432. The first kappa shape index (κ1) is 30.7. The van der Waals surface area contributed by atoms with Crippen LogP contribution in [0, 0.1) is 11.8 Å². The van der Waals surface area contributed by atoms with Gasteiger partial charge in [-0.3, -0.25) is 10.1 Å². The van der Waals surface area contributed by atoms with E-state index >= 15 is 0 Å². The maximum atomic E-state index is 13.0. The van der Waals surface area contributed by atoms with Crippen molar-refractivity contribution in [2.45, 2.75) is 43.1 Å². The molecule has 0 spiro atoms. The van der Waals surface area contributed by atoms with E-state index in [2.05, 4.69) is 21.9 Å². The zero-order valence-electron chi connectivity index (χ0n) is 24.4. The van der Waals surface area contributed by atoms with Crippen molar-refractivity contribution in [2.75, 3.05) is 19.0 Å². The Morgan fingerprint density at radius 2 is 1.82 bits per heavy atom. The molecule has 1 aromatic heterocycles. The lowest BCUT2D eigenvalue weighted by Crippen LogP contribution is -2.31. The van der Waals surface area contributed by atoms with Gasteiger partial charge < -0.3 is 19.1 Å².